The molecule has 0 saturated heterocycles. The molecule has 1 N–H and O–H groups in total. The SMILES string of the molecule is COc1ccc(CNC(=O)CSc2nnc(-c3ccccc3Cl)n2C2CCCC2)cc1OC. The summed E-state index contributed by atoms with van der Waals surface area (Å²) in [6.07, 6.45) is 4.52. The van der Waals surface area contributed by atoms with Gasteiger partial charge in [0, 0.05) is 18.2 Å². The first kappa shape index (κ1) is 23.4. The highest BCUT2D eigenvalue weighted by molar-refractivity contribution is 7.99. The summed E-state index contributed by atoms with van der Waals surface area (Å²) in [7, 11) is 3.19. The normalized spacial score (nSPS) is 13.8. The van der Waals surface area contributed by atoms with Crippen LogP contribution in [0.5, 0.6) is 11.5 Å². The summed E-state index contributed by atoms with van der Waals surface area (Å²) in [5, 5.41) is 13.2. The molecule has 1 fully saturated rings. The molecule has 174 valence electrons. The molecule has 4 rings (SSSR count). The van der Waals surface area contributed by atoms with Gasteiger partial charge in [0.2, 0.25) is 5.91 Å². The minimum absolute atomic E-state index is 0.0740. The highest BCUT2D eigenvalue weighted by Crippen LogP contribution is 2.38. The van der Waals surface area contributed by atoms with E-state index in [2.05, 4.69) is 20.1 Å². The van der Waals surface area contributed by atoms with Gasteiger partial charge in [-0.1, -0.05) is 54.4 Å². The standard InChI is InChI=1S/C24H27ClN4O3S/c1-31-20-12-11-16(13-21(20)32-2)14-26-22(30)15-33-24-28-27-23(18-9-5-6-10-19(18)25)29(24)17-7-3-4-8-17/h5-6,9-13,17H,3-4,7-8,14-15H2,1-2H3,(H,26,30). The van der Waals surface area contributed by atoms with Crippen molar-refractivity contribution in [2.75, 3.05) is 20.0 Å². The van der Waals surface area contributed by atoms with Crippen LogP contribution in [0.4, 0.5) is 0 Å². The Balaban J connectivity index is 1.44. The van der Waals surface area contributed by atoms with Gasteiger partial charge in [-0.05, 0) is 42.7 Å². The van der Waals surface area contributed by atoms with E-state index in [1.165, 1.54) is 24.6 Å². The van der Waals surface area contributed by atoms with E-state index in [1.807, 2.05) is 42.5 Å². The predicted molar refractivity (Wildman–Crippen MR) is 130 cm³/mol. The summed E-state index contributed by atoms with van der Waals surface area (Å²) in [5.74, 6) is 2.23. The first-order valence-corrected chi connectivity index (χ1v) is 12.3. The van der Waals surface area contributed by atoms with Crippen LogP contribution in [0.15, 0.2) is 47.6 Å². The summed E-state index contributed by atoms with van der Waals surface area (Å²) in [5.41, 5.74) is 1.80. The molecule has 1 amide bonds. The second kappa shape index (κ2) is 10.9. The van der Waals surface area contributed by atoms with Crippen LogP contribution in [0.2, 0.25) is 5.02 Å². The molecule has 3 aromatic rings. The fraction of sp³-hybridized carbons (Fsp3) is 0.375. The van der Waals surface area contributed by atoms with Gasteiger partial charge in [-0.3, -0.25) is 9.36 Å². The van der Waals surface area contributed by atoms with Gasteiger partial charge in [0.05, 0.1) is 25.0 Å². The zero-order valence-corrected chi connectivity index (χ0v) is 20.3. The summed E-state index contributed by atoms with van der Waals surface area (Å²) >= 11 is 7.85. The van der Waals surface area contributed by atoms with Crippen LogP contribution in [0.1, 0.15) is 37.3 Å². The average molecular weight is 487 g/mol. The van der Waals surface area contributed by atoms with Crippen molar-refractivity contribution in [1.29, 1.82) is 0 Å². The van der Waals surface area contributed by atoms with E-state index >= 15 is 0 Å². The number of nitrogens with zero attached hydrogens (tertiary/aromatic N) is 3. The Hall–Kier alpha value is -2.71. The number of carbonyl (C=O) groups is 1. The minimum Gasteiger partial charge on any atom is -0.493 e. The summed E-state index contributed by atoms with van der Waals surface area (Å²) in [6, 6.07) is 13.6. The smallest absolute Gasteiger partial charge is 0.230 e. The number of nitrogens with one attached hydrogen (secondary N) is 1. The lowest BCUT2D eigenvalue weighted by Crippen LogP contribution is -2.24. The highest BCUT2D eigenvalue weighted by atomic mass is 35.5. The van der Waals surface area contributed by atoms with Crippen molar-refractivity contribution in [3.63, 3.8) is 0 Å². The number of aromatic nitrogens is 3. The molecule has 1 saturated carbocycles. The molecule has 2 aromatic carbocycles. The maximum Gasteiger partial charge on any atom is 0.230 e. The molecule has 1 aliphatic carbocycles. The van der Waals surface area contributed by atoms with E-state index in [9.17, 15) is 4.79 Å². The molecule has 0 unspecified atom stereocenters. The summed E-state index contributed by atoms with van der Waals surface area (Å²) < 4.78 is 12.8. The van der Waals surface area contributed by atoms with Gasteiger partial charge in [-0.15, -0.1) is 10.2 Å². The van der Waals surface area contributed by atoms with Gasteiger partial charge in [0.1, 0.15) is 0 Å². The van der Waals surface area contributed by atoms with Gasteiger partial charge in [-0.2, -0.15) is 0 Å². The molecule has 33 heavy (non-hydrogen) atoms. The van der Waals surface area contributed by atoms with Gasteiger partial charge < -0.3 is 14.8 Å². The van der Waals surface area contributed by atoms with Crippen LogP contribution in [0.3, 0.4) is 0 Å². The zero-order chi connectivity index (χ0) is 23.2. The largest absolute Gasteiger partial charge is 0.493 e. The molecule has 0 atom stereocenters. The quantitative estimate of drug-likeness (QED) is 0.422. The third kappa shape index (κ3) is 5.45. The van der Waals surface area contributed by atoms with Crippen molar-refractivity contribution in [2.45, 2.75) is 43.4 Å². The maximum absolute atomic E-state index is 12.6. The number of halogens is 1. The molecule has 0 spiro atoms. The Kier molecular flexibility index (Phi) is 7.77. The number of hydrogen-bond donors (Lipinski definition) is 1. The number of rotatable bonds is 9. The number of amides is 1. The number of carbonyl (C=O) groups excluding carboxylic acids is 1. The second-order valence-corrected chi connectivity index (χ2v) is 9.20. The topological polar surface area (TPSA) is 78.3 Å². The third-order valence-electron chi connectivity index (χ3n) is 5.74. The van der Waals surface area contributed by atoms with Crippen LogP contribution in [0, 0.1) is 0 Å². The molecule has 1 heterocycles. The van der Waals surface area contributed by atoms with E-state index in [1.54, 1.807) is 14.2 Å². The van der Waals surface area contributed by atoms with Crippen molar-refractivity contribution < 1.29 is 14.3 Å². The molecule has 9 heteroatoms. The maximum atomic E-state index is 12.6. The van der Waals surface area contributed by atoms with Crippen molar-refractivity contribution >= 4 is 29.3 Å². The summed E-state index contributed by atoms with van der Waals surface area (Å²) in [6.45, 7) is 0.403. The molecule has 0 bridgehead atoms. The van der Waals surface area contributed by atoms with Crippen molar-refractivity contribution in [1.82, 2.24) is 20.1 Å². The first-order valence-electron chi connectivity index (χ1n) is 10.9. The predicted octanol–water partition coefficient (Wildman–Crippen LogP) is 5.14. The van der Waals surface area contributed by atoms with Gasteiger partial charge in [-0.25, -0.2) is 0 Å². The van der Waals surface area contributed by atoms with E-state index in [0.29, 0.717) is 29.1 Å². The van der Waals surface area contributed by atoms with Crippen molar-refractivity contribution in [3.05, 3.63) is 53.1 Å². The van der Waals surface area contributed by atoms with E-state index in [4.69, 9.17) is 21.1 Å². The average Bonchev–Trinajstić information content (AvgIpc) is 3.51. The monoisotopic (exact) mass is 486 g/mol. The number of hydrogen-bond acceptors (Lipinski definition) is 6. The van der Waals surface area contributed by atoms with E-state index < -0.39 is 0 Å². The Morgan fingerprint density at radius 1 is 1.12 bits per heavy atom. The van der Waals surface area contributed by atoms with Crippen LogP contribution >= 0.6 is 23.4 Å². The number of benzene rings is 2. The Morgan fingerprint density at radius 3 is 2.61 bits per heavy atom. The van der Waals surface area contributed by atoms with Gasteiger partial charge in [0.15, 0.2) is 22.5 Å². The lowest BCUT2D eigenvalue weighted by atomic mass is 10.2. The number of thioether (sulfide) groups is 1. The van der Waals surface area contributed by atoms with Gasteiger partial charge in [0.25, 0.3) is 0 Å². The van der Waals surface area contributed by atoms with Crippen molar-refractivity contribution in [2.24, 2.45) is 0 Å². The third-order valence-corrected chi connectivity index (χ3v) is 7.01. The minimum atomic E-state index is -0.0740. The molecule has 0 aliphatic heterocycles. The molecule has 1 aliphatic rings. The van der Waals surface area contributed by atoms with Crippen LogP contribution in [0.25, 0.3) is 11.4 Å². The van der Waals surface area contributed by atoms with E-state index in [-0.39, 0.29) is 11.7 Å². The van der Waals surface area contributed by atoms with Crippen molar-refractivity contribution in [3.8, 4) is 22.9 Å². The van der Waals surface area contributed by atoms with Gasteiger partial charge >= 0.3 is 0 Å². The Labute approximate surface area is 202 Å². The van der Waals surface area contributed by atoms with Crippen LogP contribution < -0.4 is 14.8 Å². The first-order chi connectivity index (χ1) is 16.1. The molecule has 7 nitrogen and oxygen atoms in total. The molecule has 1 aromatic heterocycles. The van der Waals surface area contributed by atoms with Crippen LogP contribution in [-0.4, -0.2) is 40.6 Å². The highest BCUT2D eigenvalue weighted by Gasteiger charge is 2.26. The second-order valence-electron chi connectivity index (χ2n) is 7.85. The lowest BCUT2D eigenvalue weighted by Gasteiger charge is -2.17. The van der Waals surface area contributed by atoms with E-state index in [0.717, 1.165) is 34.9 Å². The number of ether oxygens (including phenoxy) is 2. The fourth-order valence-corrected chi connectivity index (χ4v) is 5.12. The Morgan fingerprint density at radius 2 is 1.88 bits per heavy atom. The molecular weight excluding hydrogens is 460 g/mol. The molecule has 0 radical (unpaired) electrons. The zero-order valence-electron chi connectivity index (χ0n) is 18.7. The lowest BCUT2D eigenvalue weighted by molar-refractivity contribution is -0.118. The number of methoxy groups -OCH3 is 2. The molecular formula is C24H27ClN4O3S. The Bertz CT molecular complexity index is 1110. The fourth-order valence-electron chi connectivity index (χ4n) is 4.07. The summed E-state index contributed by atoms with van der Waals surface area (Å²) in [4.78, 5) is 12.6. The van der Waals surface area contributed by atoms with Crippen LogP contribution in [-0.2, 0) is 11.3 Å².